The van der Waals surface area contributed by atoms with E-state index in [9.17, 15) is 22.8 Å². The van der Waals surface area contributed by atoms with Gasteiger partial charge in [-0.3, -0.25) is 4.79 Å². The molecule has 0 spiro atoms. The van der Waals surface area contributed by atoms with E-state index in [4.69, 9.17) is 4.74 Å². The van der Waals surface area contributed by atoms with Crippen LogP contribution in [0, 0.1) is 5.92 Å². The predicted octanol–water partition coefficient (Wildman–Crippen LogP) is 2.36. The first-order valence-electron chi connectivity index (χ1n) is 6.70. The summed E-state index contributed by atoms with van der Waals surface area (Å²) in [7, 11) is 0. The van der Waals surface area contributed by atoms with Crippen molar-refractivity contribution in [2.45, 2.75) is 57.9 Å². The SMILES string of the molecule is CC(C)(C)OC(=O)NC(C)(C(=O)NCC(F)(F)F)C1CC1. The Bertz CT molecular complexity index is 414. The van der Waals surface area contributed by atoms with Gasteiger partial charge in [-0.1, -0.05) is 0 Å². The number of alkyl halides is 3. The molecule has 1 atom stereocenters. The predicted molar refractivity (Wildman–Crippen MR) is 69.6 cm³/mol. The summed E-state index contributed by atoms with van der Waals surface area (Å²) in [6.07, 6.45) is -3.97. The average Bonchev–Trinajstić information content (AvgIpc) is 3.05. The molecule has 1 fully saturated rings. The fourth-order valence-electron chi connectivity index (χ4n) is 1.88. The van der Waals surface area contributed by atoms with Gasteiger partial charge in [0, 0.05) is 0 Å². The Morgan fingerprint density at radius 3 is 2.05 bits per heavy atom. The van der Waals surface area contributed by atoms with Crippen molar-refractivity contribution >= 4 is 12.0 Å². The van der Waals surface area contributed by atoms with Crippen LogP contribution in [0.4, 0.5) is 18.0 Å². The third-order valence-corrected chi connectivity index (χ3v) is 3.08. The lowest BCUT2D eigenvalue weighted by Crippen LogP contribution is -2.60. The van der Waals surface area contributed by atoms with Crippen molar-refractivity contribution in [2.24, 2.45) is 5.92 Å². The lowest BCUT2D eigenvalue weighted by molar-refractivity contribution is -0.142. The van der Waals surface area contributed by atoms with Crippen LogP contribution in [0.5, 0.6) is 0 Å². The maximum atomic E-state index is 12.2. The van der Waals surface area contributed by atoms with E-state index in [2.05, 4.69) is 5.32 Å². The normalized spacial score (nSPS) is 18.6. The zero-order valence-corrected chi connectivity index (χ0v) is 12.6. The monoisotopic (exact) mass is 310 g/mol. The van der Waals surface area contributed by atoms with Crippen molar-refractivity contribution in [1.82, 2.24) is 10.6 Å². The Labute approximate surface area is 121 Å². The zero-order chi connectivity index (χ0) is 16.5. The van der Waals surface area contributed by atoms with Gasteiger partial charge in [-0.2, -0.15) is 13.2 Å². The van der Waals surface area contributed by atoms with E-state index in [1.165, 1.54) is 6.92 Å². The van der Waals surface area contributed by atoms with Crippen molar-refractivity contribution < 1.29 is 27.5 Å². The number of amides is 2. The summed E-state index contributed by atoms with van der Waals surface area (Å²) in [5.74, 6) is -1.04. The third kappa shape index (κ3) is 5.81. The molecule has 0 aromatic rings. The molecule has 2 N–H and O–H groups in total. The number of carbonyl (C=O) groups excluding carboxylic acids is 2. The van der Waals surface area contributed by atoms with Gasteiger partial charge in [0.15, 0.2) is 0 Å². The quantitative estimate of drug-likeness (QED) is 0.837. The molecule has 0 aromatic heterocycles. The fraction of sp³-hybridized carbons (Fsp3) is 0.846. The Kier molecular flexibility index (Phi) is 4.80. The minimum Gasteiger partial charge on any atom is -0.444 e. The summed E-state index contributed by atoms with van der Waals surface area (Å²) in [5.41, 5.74) is -2.15. The van der Waals surface area contributed by atoms with Crippen LogP contribution in [-0.2, 0) is 9.53 Å². The number of hydrogen-bond acceptors (Lipinski definition) is 3. The zero-order valence-electron chi connectivity index (χ0n) is 12.6. The lowest BCUT2D eigenvalue weighted by atomic mass is 9.94. The minimum atomic E-state index is -4.49. The van der Waals surface area contributed by atoms with E-state index in [-0.39, 0.29) is 5.92 Å². The summed E-state index contributed by atoms with van der Waals surface area (Å²) in [6, 6.07) is 0. The van der Waals surface area contributed by atoms with Gasteiger partial charge in [-0.15, -0.1) is 0 Å². The molecule has 1 aliphatic carbocycles. The van der Waals surface area contributed by atoms with Gasteiger partial charge < -0.3 is 15.4 Å². The summed E-state index contributed by atoms with van der Waals surface area (Å²) in [5, 5.41) is 4.23. The van der Waals surface area contributed by atoms with Crippen LogP contribution in [0.25, 0.3) is 0 Å². The van der Waals surface area contributed by atoms with E-state index < -0.39 is 35.9 Å². The Hall–Kier alpha value is -1.47. The van der Waals surface area contributed by atoms with E-state index in [1.807, 2.05) is 5.32 Å². The van der Waals surface area contributed by atoms with Crippen LogP contribution in [0.3, 0.4) is 0 Å². The molecule has 0 radical (unpaired) electrons. The highest BCUT2D eigenvalue weighted by molar-refractivity contribution is 5.90. The highest BCUT2D eigenvalue weighted by Crippen LogP contribution is 2.40. The van der Waals surface area contributed by atoms with Gasteiger partial charge in [0.05, 0.1) is 0 Å². The second kappa shape index (κ2) is 5.73. The minimum absolute atomic E-state index is 0.182. The average molecular weight is 310 g/mol. The first-order valence-corrected chi connectivity index (χ1v) is 6.70. The summed E-state index contributed by atoms with van der Waals surface area (Å²) in [6.45, 7) is 4.96. The fourth-order valence-corrected chi connectivity index (χ4v) is 1.88. The molecule has 122 valence electrons. The van der Waals surface area contributed by atoms with E-state index >= 15 is 0 Å². The molecule has 1 saturated carbocycles. The van der Waals surface area contributed by atoms with Crippen molar-refractivity contribution in [3.63, 3.8) is 0 Å². The lowest BCUT2D eigenvalue weighted by Gasteiger charge is -2.31. The summed E-state index contributed by atoms with van der Waals surface area (Å²) >= 11 is 0. The number of halogens is 3. The second-order valence-electron chi connectivity index (χ2n) is 6.40. The summed E-state index contributed by atoms with van der Waals surface area (Å²) < 4.78 is 41.6. The first-order chi connectivity index (χ1) is 9.33. The van der Waals surface area contributed by atoms with Gasteiger partial charge in [0.1, 0.15) is 17.7 Å². The first kappa shape index (κ1) is 17.6. The van der Waals surface area contributed by atoms with Crippen molar-refractivity contribution in [1.29, 1.82) is 0 Å². The Morgan fingerprint density at radius 2 is 1.67 bits per heavy atom. The maximum Gasteiger partial charge on any atom is 0.408 e. The van der Waals surface area contributed by atoms with E-state index in [0.29, 0.717) is 12.8 Å². The van der Waals surface area contributed by atoms with Gasteiger partial charge >= 0.3 is 12.3 Å². The van der Waals surface area contributed by atoms with Crippen LogP contribution in [0.2, 0.25) is 0 Å². The Morgan fingerprint density at radius 1 is 1.14 bits per heavy atom. The van der Waals surface area contributed by atoms with Crippen molar-refractivity contribution in [2.75, 3.05) is 6.54 Å². The molecule has 5 nitrogen and oxygen atoms in total. The highest BCUT2D eigenvalue weighted by atomic mass is 19.4. The van der Waals surface area contributed by atoms with Crippen molar-refractivity contribution in [3.8, 4) is 0 Å². The topological polar surface area (TPSA) is 67.4 Å². The molecular weight excluding hydrogens is 289 g/mol. The highest BCUT2D eigenvalue weighted by Gasteiger charge is 2.49. The largest absolute Gasteiger partial charge is 0.444 e. The smallest absolute Gasteiger partial charge is 0.408 e. The number of nitrogens with one attached hydrogen (secondary N) is 2. The van der Waals surface area contributed by atoms with Gasteiger partial charge in [-0.05, 0) is 46.5 Å². The molecule has 8 heteroatoms. The van der Waals surface area contributed by atoms with Crippen LogP contribution in [0.15, 0.2) is 0 Å². The molecule has 0 aliphatic heterocycles. The molecule has 1 unspecified atom stereocenters. The number of rotatable bonds is 4. The van der Waals surface area contributed by atoms with E-state index in [0.717, 1.165) is 0 Å². The van der Waals surface area contributed by atoms with Crippen LogP contribution >= 0.6 is 0 Å². The number of hydrogen-bond donors (Lipinski definition) is 2. The molecule has 0 heterocycles. The standard InChI is InChI=1S/C13H21F3N2O3/c1-11(2,3)21-10(20)18-12(4,8-5-6-8)9(19)17-7-13(14,15)16/h8H,5-7H2,1-4H3,(H,17,19)(H,18,20). The maximum absolute atomic E-state index is 12.2. The van der Waals surface area contributed by atoms with Crippen LogP contribution < -0.4 is 10.6 Å². The number of ether oxygens (including phenoxy) is 1. The van der Waals surface area contributed by atoms with Crippen LogP contribution in [0.1, 0.15) is 40.5 Å². The molecule has 0 bridgehead atoms. The van der Waals surface area contributed by atoms with Crippen molar-refractivity contribution in [3.05, 3.63) is 0 Å². The van der Waals surface area contributed by atoms with Crippen LogP contribution in [-0.4, -0.2) is 35.9 Å². The molecule has 21 heavy (non-hydrogen) atoms. The number of alkyl carbamates (subject to hydrolysis) is 1. The van der Waals surface area contributed by atoms with Gasteiger partial charge in [0.25, 0.3) is 0 Å². The Balaban J connectivity index is 2.70. The molecule has 0 saturated heterocycles. The number of carbonyl (C=O) groups is 2. The molecule has 1 aliphatic rings. The molecule has 0 aromatic carbocycles. The van der Waals surface area contributed by atoms with Gasteiger partial charge in [-0.25, -0.2) is 4.79 Å². The second-order valence-corrected chi connectivity index (χ2v) is 6.40. The summed E-state index contributed by atoms with van der Waals surface area (Å²) in [4.78, 5) is 23.8. The van der Waals surface area contributed by atoms with E-state index in [1.54, 1.807) is 20.8 Å². The molecule has 2 amide bonds. The van der Waals surface area contributed by atoms with Gasteiger partial charge in [0.2, 0.25) is 5.91 Å². The molecular formula is C13H21F3N2O3. The third-order valence-electron chi connectivity index (χ3n) is 3.08. The molecule has 1 rings (SSSR count).